The number of anilines is 2. The van der Waals surface area contributed by atoms with Gasteiger partial charge >= 0.3 is 0 Å². The number of nitrogens with two attached hydrogens (primary N) is 1. The van der Waals surface area contributed by atoms with Crippen molar-refractivity contribution in [2.45, 2.75) is 12.0 Å². The summed E-state index contributed by atoms with van der Waals surface area (Å²) >= 11 is 0. The van der Waals surface area contributed by atoms with Gasteiger partial charge in [0, 0.05) is 54.1 Å². The summed E-state index contributed by atoms with van der Waals surface area (Å²) in [6.07, 6.45) is 4.15. The average Bonchev–Trinajstić information content (AvgIpc) is 2.86. The highest BCUT2D eigenvalue weighted by molar-refractivity contribution is 6.00. The van der Waals surface area contributed by atoms with E-state index >= 15 is 0 Å². The zero-order chi connectivity index (χ0) is 13.3. The summed E-state index contributed by atoms with van der Waals surface area (Å²) in [5.41, 5.74) is 6.81. The van der Waals surface area contributed by atoms with Crippen molar-refractivity contribution in [3.63, 3.8) is 0 Å². The molecule has 0 bridgehead atoms. The van der Waals surface area contributed by atoms with E-state index in [2.05, 4.69) is 10.3 Å². The van der Waals surface area contributed by atoms with Crippen LogP contribution in [0.15, 0.2) is 30.6 Å². The molecule has 0 amide bonds. The van der Waals surface area contributed by atoms with Crippen molar-refractivity contribution in [1.82, 2.24) is 4.98 Å². The van der Waals surface area contributed by atoms with Gasteiger partial charge in [0.2, 0.25) is 0 Å². The third-order valence-electron chi connectivity index (χ3n) is 3.54. The van der Waals surface area contributed by atoms with Gasteiger partial charge in [-0.2, -0.15) is 0 Å². The predicted octanol–water partition coefficient (Wildman–Crippen LogP) is 1.38. The van der Waals surface area contributed by atoms with Crippen LogP contribution in [0.2, 0.25) is 0 Å². The number of benzene rings is 1. The van der Waals surface area contributed by atoms with Crippen molar-refractivity contribution in [2.24, 2.45) is 0 Å². The largest absolute Gasteiger partial charge is 0.398 e. The third kappa shape index (κ3) is 2.34. The van der Waals surface area contributed by atoms with Crippen LogP contribution in [-0.4, -0.2) is 35.5 Å². The van der Waals surface area contributed by atoms with Crippen LogP contribution >= 0.6 is 0 Å². The number of fused-ring (bicyclic) bond motifs is 1. The monoisotopic (exact) mass is 259 g/mol. The Bertz CT molecular complexity index is 594. The second-order valence-corrected chi connectivity index (χ2v) is 5.00. The number of aliphatic hydroxyl groups is 1. The molecule has 0 saturated carbocycles. The first kappa shape index (κ1) is 12.2. The molecule has 0 aliphatic carbocycles. The van der Waals surface area contributed by atoms with Gasteiger partial charge in [-0.25, -0.2) is 0 Å². The molecule has 1 aromatic heterocycles. The lowest BCUT2D eigenvalue weighted by molar-refractivity contribution is 0.0382. The Morgan fingerprint density at radius 3 is 3.05 bits per heavy atom. The van der Waals surface area contributed by atoms with Crippen LogP contribution < -0.4 is 11.1 Å². The van der Waals surface area contributed by atoms with Crippen molar-refractivity contribution >= 4 is 22.1 Å². The Balaban J connectivity index is 1.87. The van der Waals surface area contributed by atoms with Crippen LogP contribution in [0.3, 0.4) is 0 Å². The summed E-state index contributed by atoms with van der Waals surface area (Å²) in [4.78, 5) is 4.09. The quantitative estimate of drug-likeness (QED) is 0.726. The first-order chi connectivity index (χ1) is 9.18. The fourth-order valence-corrected chi connectivity index (χ4v) is 2.36. The second kappa shape index (κ2) is 4.68. The van der Waals surface area contributed by atoms with Gasteiger partial charge in [-0.3, -0.25) is 4.98 Å². The fraction of sp³-hybridized carbons (Fsp3) is 0.357. The fourth-order valence-electron chi connectivity index (χ4n) is 2.36. The van der Waals surface area contributed by atoms with Gasteiger partial charge < -0.3 is 20.9 Å². The Labute approximate surface area is 111 Å². The van der Waals surface area contributed by atoms with Gasteiger partial charge in [-0.05, 0) is 18.2 Å². The lowest BCUT2D eigenvalue weighted by Crippen LogP contribution is -2.37. The van der Waals surface area contributed by atoms with E-state index in [9.17, 15) is 5.11 Å². The summed E-state index contributed by atoms with van der Waals surface area (Å²) < 4.78 is 5.24. The van der Waals surface area contributed by atoms with E-state index in [1.165, 1.54) is 0 Å². The molecule has 0 spiro atoms. The van der Waals surface area contributed by atoms with E-state index in [-0.39, 0.29) is 0 Å². The average molecular weight is 259 g/mol. The van der Waals surface area contributed by atoms with E-state index < -0.39 is 5.60 Å². The number of nitrogens with one attached hydrogen (secondary N) is 1. The summed E-state index contributed by atoms with van der Waals surface area (Å²) in [5.74, 6) is 0. The molecule has 1 aliphatic heterocycles. The number of aromatic nitrogens is 1. The van der Waals surface area contributed by atoms with Crippen molar-refractivity contribution in [3.8, 4) is 0 Å². The molecule has 1 unspecified atom stereocenters. The van der Waals surface area contributed by atoms with Gasteiger partial charge in [-0.1, -0.05) is 0 Å². The Hall–Kier alpha value is -1.85. The minimum Gasteiger partial charge on any atom is -0.398 e. The molecule has 3 rings (SSSR count). The van der Waals surface area contributed by atoms with E-state index in [1.54, 1.807) is 12.4 Å². The van der Waals surface area contributed by atoms with Crippen LogP contribution in [0.4, 0.5) is 11.4 Å². The Kier molecular flexibility index (Phi) is 3.00. The van der Waals surface area contributed by atoms with Gasteiger partial charge in [0.1, 0.15) is 5.60 Å². The number of hydrogen-bond donors (Lipinski definition) is 3. The molecule has 5 nitrogen and oxygen atoms in total. The maximum Gasteiger partial charge on any atom is 0.107 e. The van der Waals surface area contributed by atoms with Gasteiger partial charge in [0.15, 0.2) is 0 Å². The molecule has 4 N–H and O–H groups in total. The number of rotatable bonds is 3. The summed E-state index contributed by atoms with van der Waals surface area (Å²) in [7, 11) is 0. The van der Waals surface area contributed by atoms with E-state index in [4.69, 9.17) is 10.5 Å². The van der Waals surface area contributed by atoms with E-state index in [1.807, 2.05) is 18.2 Å². The topological polar surface area (TPSA) is 80.4 Å². The molecule has 2 heterocycles. The van der Waals surface area contributed by atoms with Crippen molar-refractivity contribution in [1.29, 1.82) is 0 Å². The zero-order valence-electron chi connectivity index (χ0n) is 10.6. The molecule has 1 atom stereocenters. The van der Waals surface area contributed by atoms with Crippen molar-refractivity contribution in [3.05, 3.63) is 30.6 Å². The van der Waals surface area contributed by atoms with Gasteiger partial charge in [0.05, 0.1) is 6.61 Å². The Morgan fingerprint density at radius 1 is 1.37 bits per heavy atom. The van der Waals surface area contributed by atoms with Crippen LogP contribution in [0.1, 0.15) is 6.42 Å². The summed E-state index contributed by atoms with van der Waals surface area (Å²) in [6.45, 7) is 1.47. The van der Waals surface area contributed by atoms with Crippen LogP contribution in [0.25, 0.3) is 10.8 Å². The van der Waals surface area contributed by atoms with Gasteiger partial charge in [-0.15, -0.1) is 0 Å². The van der Waals surface area contributed by atoms with Crippen LogP contribution in [0, 0.1) is 0 Å². The highest BCUT2D eigenvalue weighted by Gasteiger charge is 2.31. The molecule has 100 valence electrons. The van der Waals surface area contributed by atoms with E-state index in [0.717, 1.165) is 16.5 Å². The number of pyridine rings is 1. The minimum atomic E-state index is -0.777. The summed E-state index contributed by atoms with van der Waals surface area (Å²) in [6, 6.07) is 5.70. The molecule has 1 saturated heterocycles. The van der Waals surface area contributed by atoms with E-state index in [0.29, 0.717) is 31.9 Å². The lowest BCUT2D eigenvalue weighted by atomic mass is 10.0. The number of hydrogen-bond acceptors (Lipinski definition) is 5. The molecule has 1 aromatic carbocycles. The first-order valence-corrected chi connectivity index (χ1v) is 6.34. The van der Waals surface area contributed by atoms with Crippen molar-refractivity contribution in [2.75, 3.05) is 30.8 Å². The number of ether oxygens (including phenoxy) is 1. The molecule has 1 aliphatic rings. The predicted molar refractivity (Wildman–Crippen MR) is 75.0 cm³/mol. The maximum atomic E-state index is 10.3. The van der Waals surface area contributed by atoms with Gasteiger partial charge in [0.25, 0.3) is 0 Å². The molecule has 0 radical (unpaired) electrons. The normalized spacial score (nSPS) is 22.8. The second-order valence-electron chi connectivity index (χ2n) is 5.00. The van der Waals surface area contributed by atoms with Crippen molar-refractivity contribution < 1.29 is 9.84 Å². The number of nitrogens with zero attached hydrogens (tertiary/aromatic N) is 1. The standard InChI is InChI=1S/C14H17N3O2/c15-12-1-2-13(10-3-5-16-7-11(10)12)17-8-14(18)4-6-19-9-14/h1-3,5,7,17-18H,4,6,8-9,15H2. The molecule has 2 aromatic rings. The highest BCUT2D eigenvalue weighted by atomic mass is 16.5. The van der Waals surface area contributed by atoms with Crippen LogP contribution in [-0.2, 0) is 4.74 Å². The smallest absolute Gasteiger partial charge is 0.107 e. The number of nitrogen functional groups attached to an aromatic ring is 1. The molecular formula is C14H17N3O2. The SMILES string of the molecule is Nc1ccc(NCC2(O)CCOC2)c2ccncc12. The Morgan fingerprint density at radius 2 is 2.26 bits per heavy atom. The molecule has 19 heavy (non-hydrogen) atoms. The lowest BCUT2D eigenvalue weighted by Gasteiger charge is -2.22. The first-order valence-electron chi connectivity index (χ1n) is 6.34. The molecule has 1 fully saturated rings. The summed E-state index contributed by atoms with van der Waals surface area (Å²) in [5, 5.41) is 15.5. The molecular weight excluding hydrogens is 242 g/mol. The highest BCUT2D eigenvalue weighted by Crippen LogP contribution is 2.28. The minimum absolute atomic E-state index is 0.383. The third-order valence-corrected chi connectivity index (χ3v) is 3.54. The zero-order valence-corrected chi connectivity index (χ0v) is 10.6. The van der Waals surface area contributed by atoms with Crippen LogP contribution in [0.5, 0.6) is 0 Å². The maximum absolute atomic E-state index is 10.3. The molecule has 5 heteroatoms.